The first-order valence-electron chi connectivity index (χ1n) is 17.6. The molecular weight excluding hydrogens is 808 g/mol. The highest BCUT2D eigenvalue weighted by Gasteiger charge is 2.58. The van der Waals surface area contributed by atoms with Crippen molar-refractivity contribution >= 4 is 11.9 Å². The van der Waals surface area contributed by atoms with Crippen LogP contribution in [0.3, 0.4) is 0 Å². The molecule has 0 aliphatic carbocycles. The van der Waals surface area contributed by atoms with E-state index in [-0.39, 0.29) is 0 Å². The van der Waals surface area contributed by atoms with Crippen molar-refractivity contribution in [1.29, 1.82) is 0 Å². The quantitative estimate of drug-likeness (QED) is 0.0817. The number of aliphatic carboxylic acids is 2. The molecule has 0 amide bonds. The Hall–Kier alpha value is -2.02. The van der Waals surface area contributed by atoms with Gasteiger partial charge in [0.2, 0.25) is 0 Å². The van der Waals surface area contributed by atoms with E-state index in [1.165, 1.54) is 0 Å². The molecule has 5 aliphatic heterocycles. The molecule has 5 saturated heterocycles. The van der Waals surface area contributed by atoms with Crippen molar-refractivity contribution < 1.29 is 139 Å². The molecule has 5 fully saturated rings. The average Bonchev–Trinajstić information content (AvgIpc) is 3.19. The van der Waals surface area contributed by atoms with Crippen molar-refractivity contribution in [3.05, 3.63) is 0 Å². The first kappa shape index (κ1) is 47.0. The van der Waals surface area contributed by atoms with Crippen LogP contribution >= 0.6 is 0 Å². The van der Waals surface area contributed by atoms with Crippen LogP contribution in [-0.4, -0.2) is 272 Å². The maximum Gasteiger partial charge on any atom is 0.335 e. The maximum absolute atomic E-state index is 12.4. The molecule has 0 saturated carbocycles. The molecule has 0 aromatic heterocycles. The summed E-state index contributed by atoms with van der Waals surface area (Å²) in [5, 5.41) is 175. The summed E-state index contributed by atoms with van der Waals surface area (Å²) in [5.74, 6) is -3.80. The van der Waals surface area contributed by atoms with E-state index in [1.54, 1.807) is 0 Å². The number of carbonyl (C=O) groups is 2. The van der Waals surface area contributed by atoms with E-state index in [2.05, 4.69) is 0 Å². The van der Waals surface area contributed by atoms with Crippen molar-refractivity contribution in [2.24, 2.45) is 0 Å². The van der Waals surface area contributed by atoms with E-state index in [0.29, 0.717) is 0 Å². The number of aliphatic hydroxyl groups excluding tert-OH is 15. The number of hydrogen-bond acceptors (Lipinski definition) is 26. The van der Waals surface area contributed by atoms with E-state index in [9.17, 15) is 96.4 Å². The smallest absolute Gasteiger partial charge is 0.335 e. The minimum Gasteiger partial charge on any atom is -0.479 e. The summed E-state index contributed by atoms with van der Waals surface area (Å²) in [6.45, 7) is -2.81. The van der Waals surface area contributed by atoms with Gasteiger partial charge in [0.25, 0.3) is 0 Å². The lowest BCUT2D eigenvalue weighted by atomic mass is 9.95. The van der Waals surface area contributed by atoms with E-state index < -0.39 is 185 Å². The molecule has 28 heteroatoms. The Bertz CT molecular complexity index is 1360. The van der Waals surface area contributed by atoms with Crippen LogP contribution in [0, 0.1) is 0 Å². The number of aliphatic hydroxyl groups is 15. The van der Waals surface area contributed by atoms with Crippen LogP contribution in [0.5, 0.6) is 0 Å². The minimum absolute atomic E-state index is 0.855. The molecule has 28 nitrogen and oxygen atoms in total. The Kier molecular flexibility index (Phi) is 15.7. The molecule has 25 atom stereocenters. The third kappa shape index (κ3) is 9.25. The summed E-state index contributed by atoms with van der Waals surface area (Å²) in [6, 6.07) is 0. The molecular formula is C30H48O28. The summed E-state index contributed by atoms with van der Waals surface area (Å²) in [6.07, 6.45) is -51.9. The fourth-order valence-electron chi connectivity index (χ4n) is 6.95. The van der Waals surface area contributed by atoms with Crippen molar-refractivity contribution in [1.82, 2.24) is 0 Å². The Morgan fingerprint density at radius 1 is 0.362 bits per heavy atom. The number of carboxylic acid groups (broad SMARTS) is 2. The SMILES string of the molecule is O=C(O)[C@H]1O[C@H](O[C@@H]2[C@@H](O)[C@H](O[C@@H]3O[C@H](CO)[C@H](O)[C@H](O)[C@H]3O)[C@@H](C(=O)O)O[C@@H]2O)[C@H](O)[C@@H](O)[C@@H]1O[C@@H]1O[C@H](CO)[C@@H](O[C@@H]2O[C@H](CO)[C@@H](O)[C@H](O)[C@@H]2O)[C@H](O)[C@@H]1O. The molecule has 58 heavy (non-hydrogen) atoms. The van der Waals surface area contributed by atoms with Gasteiger partial charge in [-0.05, 0) is 0 Å². The van der Waals surface area contributed by atoms with Crippen LogP contribution in [0.2, 0.25) is 0 Å². The predicted molar refractivity (Wildman–Crippen MR) is 168 cm³/mol. The second kappa shape index (κ2) is 19.4. The highest BCUT2D eigenvalue weighted by molar-refractivity contribution is 5.74. The zero-order valence-corrected chi connectivity index (χ0v) is 29.6. The molecule has 0 radical (unpaired) electrons. The Labute approximate surface area is 324 Å². The van der Waals surface area contributed by atoms with Gasteiger partial charge in [-0.15, -0.1) is 0 Å². The Morgan fingerprint density at radius 2 is 0.690 bits per heavy atom. The van der Waals surface area contributed by atoms with Gasteiger partial charge in [-0.2, -0.15) is 0 Å². The zero-order chi connectivity index (χ0) is 43.1. The zero-order valence-electron chi connectivity index (χ0n) is 29.6. The summed E-state index contributed by atoms with van der Waals surface area (Å²) in [5.41, 5.74) is 0. The van der Waals surface area contributed by atoms with Gasteiger partial charge in [0.05, 0.1) is 19.8 Å². The lowest BCUT2D eigenvalue weighted by Gasteiger charge is -2.48. The molecule has 0 unspecified atom stereocenters. The molecule has 0 bridgehead atoms. The van der Waals surface area contributed by atoms with Gasteiger partial charge in [0.1, 0.15) is 110 Å². The molecule has 0 aromatic carbocycles. The number of rotatable bonds is 13. The maximum atomic E-state index is 12.4. The van der Waals surface area contributed by atoms with Crippen molar-refractivity contribution in [3.63, 3.8) is 0 Å². The Morgan fingerprint density at radius 3 is 1.12 bits per heavy atom. The molecule has 5 aliphatic rings. The molecule has 5 heterocycles. The highest BCUT2D eigenvalue weighted by atomic mass is 16.8. The largest absolute Gasteiger partial charge is 0.479 e. The molecule has 0 aromatic rings. The van der Waals surface area contributed by atoms with Gasteiger partial charge in [-0.1, -0.05) is 0 Å². The molecule has 17 N–H and O–H groups in total. The first-order valence-corrected chi connectivity index (χ1v) is 17.6. The van der Waals surface area contributed by atoms with Gasteiger partial charge in [0.15, 0.2) is 43.7 Å². The predicted octanol–water partition coefficient (Wildman–Crippen LogP) is -11.7. The fraction of sp³-hybridized carbons (Fsp3) is 0.933. The summed E-state index contributed by atoms with van der Waals surface area (Å²) < 4.78 is 47.7. The second-order valence-electron chi connectivity index (χ2n) is 14.0. The number of carboxylic acids is 2. The average molecular weight is 857 g/mol. The van der Waals surface area contributed by atoms with Gasteiger partial charge in [-0.3, -0.25) is 0 Å². The second-order valence-corrected chi connectivity index (χ2v) is 14.0. The summed E-state index contributed by atoms with van der Waals surface area (Å²) in [7, 11) is 0. The lowest BCUT2D eigenvalue weighted by molar-refractivity contribution is -0.391. The third-order valence-corrected chi connectivity index (χ3v) is 10.3. The number of hydrogen-bond donors (Lipinski definition) is 17. The monoisotopic (exact) mass is 856 g/mol. The van der Waals surface area contributed by atoms with Gasteiger partial charge < -0.3 is 129 Å². The van der Waals surface area contributed by atoms with E-state index in [4.69, 9.17) is 42.6 Å². The summed E-state index contributed by atoms with van der Waals surface area (Å²) in [4.78, 5) is 24.3. The first-order chi connectivity index (χ1) is 27.3. The van der Waals surface area contributed by atoms with E-state index in [0.717, 1.165) is 0 Å². The van der Waals surface area contributed by atoms with E-state index in [1.807, 2.05) is 0 Å². The van der Waals surface area contributed by atoms with Gasteiger partial charge in [-0.25, -0.2) is 9.59 Å². The summed E-state index contributed by atoms with van der Waals surface area (Å²) >= 11 is 0. The van der Waals surface area contributed by atoms with Crippen LogP contribution in [-0.2, 0) is 52.2 Å². The van der Waals surface area contributed by atoms with Crippen LogP contribution < -0.4 is 0 Å². The van der Waals surface area contributed by atoms with E-state index >= 15 is 0 Å². The van der Waals surface area contributed by atoms with Crippen molar-refractivity contribution in [3.8, 4) is 0 Å². The van der Waals surface area contributed by atoms with Crippen LogP contribution in [0.25, 0.3) is 0 Å². The Balaban J connectivity index is 1.28. The van der Waals surface area contributed by atoms with Crippen molar-refractivity contribution in [2.45, 2.75) is 154 Å². The molecule has 0 spiro atoms. The van der Waals surface area contributed by atoms with Crippen LogP contribution in [0.15, 0.2) is 0 Å². The van der Waals surface area contributed by atoms with Crippen molar-refractivity contribution in [2.75, 3.05) is 19.8 Å². The topological polar surface area (TPSA) is 461 Å². The standard InChI is InChI=1S/C30H48O28/c31-1-4-7(34)9(36)13(40)27(50-4)54-18-6(3-33)52-29(15(42)11(18)38)55-19-12(39)16(43)30(58-23(19)25(47)48)57-21-17(44)20(22(24(45)46)53-26(21)49)56-28-14(41)10(37)8(35)5(2-32)51-28/h4-23,26-44,49H,1-3H2,(H,45,46)(H,47,48)/t4-,5-,6-,7-,8+,9+,10+,11-,12-,13+,14-,15+,16-,17+,18-,19+,20+,21-,22+,23+,26+,27+,28+,29+,30+/m1/s1. The normalized spacial score (nSPS) is 51.6. The molecule has 336 valence electrons. The van der Waals surface area contributed by atoms with Gasteiger partial charge in [0, 0.05) is 0 Å². The minimum atomic E-state index is -2.42. The third-order valence-electron chi connectivity index (χ3n) is 10.3. The molecule has 5 rings (SSSR count). The van der Waals surface area contributed by atoms with Gasteiger partial charge >= 0.3 is 11.9 Å². The van der Waals surface area contributed by atoms with Crippen LogP contribution in [0.1, 0.15) is 0 Å². The highest BCUT2D eigenvalue weighted by Crippen LogP contribution is 2.35. The van der Waals surface area contributed by atoms with Crippen LogP contribution in [0.4, 0.5) is 0 Å². The lowest BCUT2D eigenvalue weighted by Crippen LogP contribution is -2.68. The number of ether oxygens (including phenoxy) is 9. The fourth-order valence-corrected chi connectivity index (χ4v) is 6.95.